The molecule has 0 saturated carbocycles. The largest absolute Gasteiger partial charge is 0.465 e. The monoisotopic (exact) mass is 750 g/mol. The van der Waals surface area contributed by atoms with Gasteiger partial charge in [-0.15, -0.1) is 0 Å². The van der Waals surface area contributed by atoms with Crippen LogP contribution in [0, 0.1) is 10.8 Å². The molecule has 2 aromatic carbocycles. The highest BCUT2D eigenvalue weighted by Crippen LogP contribution is 2.29. The average molecular weight is 751 g/mol. The van der Waals surface area contributed by atoms with Crippen molar-refractivity contribution in [2.75, 3.05) is 20.1 Å². The Hall–Kier alpha value is -4.37. The SMILES string of the molecule is CN(C(=O)O)[C@H](C(=O)N[C@H](Cc1ccc(-c2ccccn2)cc1)C[C@H](O)[C@H](Cc1ccccc1)NC(=O)[C@@H](N1CCNS1(=O)=O)C(C)(C)C)C(C)(C)C. The molecule has 0 radical (unpaired) electrons. The Balaban J connectivity index is 1.67. The molecule has 14 heteroatoms. The first-order valence-electron chi connectivity index (χ1n) is 17.8. The highest BCUT2D eigenvalue weighted by atomic mass is 32.2. The normalized spacial score (nSPS) is 17.6. The molecule has 0 aliphatic carbocycles. The minimum Gasteiger partial charge on any atom is -0.465 e. The van der Waals surface area contributed by atoms with Gasteiger partial charge in [0.1, 0.15) is 12.1 Å². The standard InChI is InChI=1S/C39H54N6O7S/c1-38(2,3)33(44(7)37(49)50)35(47)42-29(23-27-16-18-28(19-17-27)30-15-11-12-20-40-30)25-32(46)31(24-26-13-9-8-10-14-26)43-36(48)34(39(4,5)6)45-22-21-41-53(45,51)52/h8-20,29,31-34,41,46H,21-25H2,1-7H3,(H,42,47)(H,43,48)(H,49,50)/t29-,31+,32+,33-,34-/m1/s1. The Kier molecular flexibility index (Phi) is 13.4. The van der Waals surface area contributed by atoms with Crippen LogP contribution in [0.25, 0.3) is 11.3 Å². The van der Waals surface area contributed by atoms with E-state index in [0.29, 0.717) is 0 Å². The predicted molar refractivity (Wildman–Crippen MR) is 204 cm³/mol. The number of hydrogen-bond acceptors (Lipinski definition) is 7. The van der Waals surface area contributed by atoms with E-state index in [-0.39, 0.29) is 32.4 Å². The molecule has 1 fully saturated rings. The minimum atomic E-state index is -3.89. The Morgan fingerprint density at radius 3 is 2.02 bits per heavy atom. The third-order valence-electron chi connectivity index (χ3n) is 9.40. The maximum absolute atomic E-state index is 14.1. The minimum absolute atomic E-state index is 0.0110. The number of carbonyl (C=O) groups is 3. The maximum Gasteiger partial charge on any atom is 0.407 e. The quantitative estimate of drug-likeness (QED) is 0.165. The number of carboxylic acid groups (broad SMARTS) is 1. The van der Waals surface area contributed by atoms with Crippen LogP contribution in [0.4, 0.5) is 4.79 Å². The molecule has 5 N–H and O–H groups in total. The van der Waals surface area contributed by atoms with Gasteiger partial charge in [0.2, 0.25) is 11.8 Å². The summed E-state index contributed by atoms with van der Waals surface area (Å²) in [5.74, 6) is -1.07. The van der Waals surface area contributed by atoms with Crippen molar-refractivity contribution in [3.63, 3.8) is 0 Å². The van der Waals surface area contributed by atoms with Gasteiger partial charge in [-0.25, -0.2) is 9.52 Å². The summed E-state index contributed by atoms with van der Waals surface area (Å²) in [7, 11) is -2.54. The molecule has 1 aromatic heterocycles. The molecule has 2 heterocycles. The molecule has 1 saturated heterocycles. The number of carbonyl (C=O) groups excluding carboxylic acids is 2. The zero-order valence-corrected chi connectivity index (χ0v) is 32.4. The van der Waals surface area contributed by atoms with E-state index < -0.39 is 69.2 Å². The van der Waals surface area contributed by atoms with Crippen LogP contribution in [0.1, 0.15) is 59.1 Å². The van der Waals surface area contributed by atoms with Gasteiger partial charge in [0.05, 0.1) is 17.8 Å². The topological polar surface area (TPSA) is 181 Å². The van der Waals surface area contributed by atoms with Crippen LogP contribution >= 0.6 is 0 Å². The molecule has 3 amide bonds. The average Bonchev–Trinajstić information content (AvgIpc) is 3.41. The van der Waals surface area contributed by atoms with Crippen LogP contribution in [0.5, 0.6) is 0 Å². The van der Waals surface area contributed by atoms with Crippen molar-refractivity contribution in [3.05, 3.63) is 90.1 Å². The second-order valence-electron chi connectivity index (χ2n) is 15.9. The number of aliphatic hydroxyl groups excluding tert-OH is 1. The maximum atomic E-state index is 14.1. The number of likely N-dealkylation sites (N-methyl/N-ethyl adjacent to an activating group) is 1. The van der Waals surface area contributed by atoms with Gasteiger partial charge in [-0.1, -0.05) is 102 Å². The number of rotatable bonds is 14. The van der Waals surface area contributed by atoms with E-state index >= 15 is 0 Å². The van der Waals surface area contributed by atoms with Crippen molar-refractivity contribution < 1.29 is 33.0 Å². The fraction of sp³-hybridized carbons (Fsp3) is 0.487. The van der Waals surface area contributed by atoms with E-state index in [1.165, 1.54) is 7.05 Å². The van der Waals surface area contributed by atoms with E-state index in [9.17, 15) is 33.0 Å². The molecule has 1 aliphatic heterocycles. The van der Waals surface area contributed by atoms with Crippen molar-refractivity contribution in [2.24, 2.45) is 10.8 Å². The lowest BCUT2D eigenvalue weighted by Gasteiger charge is -2.38. The zero-order valence-electron chi connectivity index (χ0n) is 31.6. The third-order valence-corrected chi connectivity index (χ3v) is 11.0. The summed E-state index contributed by atoms with van der Waals surface area (Å²) >= 11 is 0. The summed E-state index contributed by atoms with van der Waals surface area (Å²) in [4.78, 5) is 45.5. The smallest absolute Gasteiger partial charge is 0.407 e. The van der Waals surface area contributed by atoms with Crippen molar-refractivity contribution in [3.8, 4) is 11.3 Å². The molecule has 3 aromatic rings. The number of aromatic nitrogens is 1. The third kappa shape index (κ3) is 11.1. The fourth-order valence-corrected chi connectivity index (χ4v) is 8.48. The van der Waals surface area contributed by atoms with Crippen LogP contribution in [-0.4, -0.2) is 101 Å². The summed E-state index contributed by atoms with van der Waals surface area (Å²) in [5.41, 5.74) is 1.84. The summed E-state index contributed by atoms with van der Waals surface area (Å²) in [6.45, 7) is 11.0. The van der Waals surface area contributed by atoms with Gasteiger partial charge in [0, 0.05) is 37.9 Å². The van der Waals surface area contributed by atoms with Gasteiger partial charge in [-0.2, -0.15) is 12.7 Å². The van der Waals surface area contributed by atoms with E-state index in [2.05, 4.69) is 20.3 Å². The Morgan fingerprint density at radius 2 is 1.49 bits per heavy atom. The zero-order chi connectivity index (χ0) is 39.1. The van der Waals surface area contributed by atoms with Crippen LogP contribution < -0.4 is 15.4 Å². The van der Waals surface area contributed by atoms with Crippen LogP contribution in [-0.2, 0) is 32.6 Å². The van der Waals surface area contributed by atoms with Gasteiger partial charge in [-0.05, 0) is 53.4 Å². The fourth-order valence-electron chi connectivity index (χ4n) is 6.94. The molecule has 0 unspecified atom stereocenters. The lowest BCUT2D eigenvalue weighted by molar-refractivity contribution is -0.131. The van der Waals surface area contributed by atoms with E-state index in [0.717, 1.165) is 31.6 Å². The molecular formula is C39H54N6O7S. The second kappa shape index (κ2) is 17.2. The molecule has 0 bridgehead atoms. The molecule has 5 atom stereocenters. The van der Waals surface area contributed by atoms with Gasteiger partial charge < -0.3 is 20.8 Å². The number of hydrogen-bond donors (Lipinski definition) is 5. The summed E-state index contributed by atoms with van der Waals surface area (Å²) in [6.07, 6.45) is -0.254. The molecular weight excluding hydrogens is 697 g/mol. The Labute approximate surface area is 313 Å². The van der Waals surface area contributed by atoms with Crippen molar-refractivity contribution in [1.82, 2.24) is 29.5 Å². The Bertz CT molecular complexity index is 1800. The second-order valence-corrected chi connectivity index (χ2v) is 17.6. The Morgan fingerprint density at radius 1 is 0.868 bits per heavy atom. The van der Waals surface area contributed by atoms with E-state index in [1.54, 1.807) is 47.7 Å². The number of pyridine rings is 1. The lowest BCUT2D eigenvalue weighted by atomic mass is 9.84. The number of nitrogens with zero attached hydrogens (tertiary/aromatic N) is 3. The predicted octanol–water partition coefficient (Wildman–Crippen LogP) is 3.84. The number of amides is 3. The molecule has 0 spiro atoms. The van der Waals surface area contributed by atoms with Gasteiger partial charge in [0.25, 0.3) is 10.2 Å². The summed E-state index contributed by atoms with van der Waals surface area (Å²) in [5, 5.41) is 27.8. The molecule has 288 valence electrons. The van der Waals surface area contributed by atoms with Crippen LogP contribution in [0.15, 0.2) is 79.0 Å². The summed E-state index contributed by atoms with van der Waals surface area (Å²) < 4.78 is 29.4. The first kappa shape index (κ1) is 41.4. The molecule has 4 rings (SSSR count). The highest BCUT2D eigenvalue weighted by molar-refractivity contribution is 7.87. The van der Waals surface area contributed by atoms with E-state index in [1.807, 2.05) is 72.8 Å². The van der Waals surface area contributed by atoms with Gasteiger partial charge >= 0.3 is 6.09 Å². The summed E-state index contributed by atoms with van der Waals surface area (Å²) in [6, 6.07) is 19.0. The molecule has 53 heavy (non-hydrogen) atoms. The highest BCUT2D eigenvalue weighted by Gasteiger charge is 2.45. The first-order chi connectivity index (χ1) is 24.8. The van der Waals surface area contributed by atoms with Gasteiger partial charge in [0.15, 0.2) is 0 Å². The van der Waals surface area contributed by atoms with Crippen LogP contribution in [0.2, 0.25) is 0 Å². The van der Waals surface area contributed by atoms with E-state index in [4.69, 9.17) is 0 Å². The molecule has 1 aliphatic rings. The lowest BCUT2D eigenvalue weighted by Crippen LogP contribution is -2.59. The van der Waals surface area contributed by atoms with Crippen molar-refractivity contribution in [1.29, 1.82) is 0 Å². The number of nitrogens with one attached hydrogen (secondary N) is 3. The number of aliphatic hydroxyl groups is 1. The first-order valence-corrected chi connectivity index (χ1v) is 19.3. The van der Waals surface area contributed by atoms with Crippen molar-refractivity contribution >= 4 is 28.1 Å². The molecule has 13 nitrogen and oxygen atoms in total. The van der Waals surface area contributed by atoms with Crippen LogP contribution in [0.3, 0.4) is 0 Å². The van der Waals surface area contributed by atoms with Gasteiger partial charge in [-0.3, -0.25) is 19.5 Å². The van der Waals surface area contributed by atoms with Crippen molar-refractivity contribution in [2.45, 2.75) is 91.1 Å². The number of benzene rings is 2.